The molecular weight excluding hydrogens is 294 g/mol. The molecule has 3 aromatic heterocycles. The van der Waals surface area contributed by atoms with E-state index < -0.39 is 0 Å². The lowest BCUT2D eigenvalue weighted by Crippen LogP contribution is -2.03. The van der Waals surface area contributed by atoms with E-state index in [1.165, 1.54) is 11.3 Å². The lowest BCUT2D eigenvalue weighted by atomic mass is 10.1. The minimum Gasteiger partial charge on any atom is -0.397 e. The summed E-state index contributed by atoms with van der Waals surface area (Å²) in [6.45, 7) is 2.16. The first kappa shape index (κ1) is 14.7. The standard InChI is InChI=1S/C17H17N3OS/c1-2-3-6-11-8-9-12-14(18)16(22-17(12)20-11)15(21)13-7-4-5-10-19-13/h4-5,7-10H,2-3,6,18H2,1H3. The first-order valence-corrected chi connectivity index (χ1v) is 8.16. The topological polar surface area (TPSA) is 68.9 Å². The van der Waals surface area contributed by atoms with E-state index in [1.54, 1.807) is 24.4 Å². The Morgan fingerprint density at radius 1 is 1.27 bits per heavy atom. The first-order chi connectivity index (χ1) is 10.7. The Bertz CT molecular complexity index is 811. The van der Waals surface area contributed by atoms with Crippen LogP contribution < -0.4 is 5.73 Å². The van der Waals surface area contributed by atoms with Gasteiger partial charge in [0.2, 0.25) is 5.78 Å². The number of fused-ring (bicyclic) bond motifs is 1. The highest BCUT2D eigenvalue weighted by atomic mass is 32.1. The van der Waals surface area contributed by atoms with Gasteiger partial charge in [-0.05, 0) is 37.1 Å². The third-order valence-electron chi connectivity index (χ3n) is 3.54. The summed E-state index contributed by atoms with van der Waals surface area (Å²) < 4.78 is 0. The first-order valence-electron chi connectivity index (χ1n) is 7.34. The Labute approximate surface area is 133 Å². The van der Waals surface area contributed by atoms with Gasteiger partial charge in [0.25, 0.3) is 0 Å². The molecule has 0 atom stereocenters. The van der Waals surface area contributed by atoms with E-state index >= 15 is 0 Å². The van der Waals surface area contributed by atoms with Crippen LogP contribution in [-0.4, -0.2) is 15.8 Å². The van der Waals surface area contributed by atoms with Crippen LogP contribution in [0.1, 0.15) is 40.8 Å². The van der Waals surface area contributed by atoms with Gasteiger partial charge < -0.3 is 5.73 Å². The molecule has 4 nitrogen and oxygen atoms in total. The van der Waals surface area contributed by atoms with Crippen LogP contribution in [0.15, 0.2) is 36.5 Å². The van der Waals surface area contributed by atoms with Crippen LogP contribution in [0.25, 0.3) is 10.2 Å². The fourth-order valence-electron chi connectivity index (χ4n) is 2.31. The van der Waals surface area contributed by atoms with E-state index in [-0.39, 0.29) is 5.78 Å². The highest BCUT2D eigenvalue weighted by Gasteiger charge is 2.19. The number of thiophene rings is 1. The van der Waals surface area contributed by atoms with E-state index in [1.807, 2.05) is 12.1 Å². The van der Waals surface area contributed by atoms with Gasteiger partial charge in [-0.15, -0.1) is 11.3 Å². The van der Waals surface area contributed by atoms with Gasteiger partial charge in [0.15, 0.2) is 0 Å². The number of unbranched alkanes of at least 4 members (excludes halogenated alkanes) is 1. The Balaban J connectivity index is 2.00. The number of pyridine rings is 2. The Morgan fingerprint density at radius 3 is 2.86 bits per heavy atom. The van der Waals surface area contributed by atoms with Crippen molar-refractivity contribution in [2.45, 2.75) is 26.2 Å². The number of anilines is 1. The van der Waals surface area contributed by atoms with E-state index in [9.17, 15) is 4.79 Å². The number of carbonyl (C=O) groups is 1. The molecule has 0 unspecified atom stereocenters. The van der Waals surface area contributed by atoms with Crippen LogP contribution in [0.4, 0.5) is 5.69 Å². The number of rotatable bonds is 5. The molecule has 3 heterocycles. The van der Waals surface area contributed by atoms with Crippen molar-refractivity contribution in [3.63, 3.8) is 0 Å². The van der Waals surface area contributed by atoms with Gasteiger partial charge >= 0.3 is 0 Å². The van der Waals surface area contributed by atoms with Crippen molar-refractivity contribution < 1.29 is 4.79 Å². The van der Waals surface area contributed by atoms with Crippen molar-refractivity contribution in [3.8, 4) is 0 Å². The second-order valence-electron chi connectivity index (χ2n) is 5.15. The molecular formula is C17H17N3OS. The van der Waals surface area contributed by atoms with Gasteiger partial charge in [-0.1, -0.05) is 19.4 Å². The summed E-state index contributed by atoms with van der Waals surface area (Å²) in [4.78, 5) is 22.6. The Hall–Kier alpha value is -2.27. The molecule has 0 radical (unpaired) electrons. The van der Waals surface area contributed by atoms with Gasteiger partial charge in [0.05, 0.1) is 5.69 Å². The van der Waals surface area contributed by atoms with E-state index in [0.29, 0.717) is 16.3 Å². The zero-order chi connectivity index (χ0) is 15.5. The summed E-state index contributed by atoms with van der Waals surface area (Å²) in [5.41, 5.74) is 8.11. The van der Waals surface area contributed by atoms with Crippen molar-refractivity contribution in [1.29, 1.82) is 0 Å². The van der Waals surface area contributed by atoms with Gasteiger partial charge in [0, 0.05) is 17.3 Å². The van der Waals surface area contributed by atoms with Crippen molar-refractivity contribution in [2.75, 3.05) is 5.73 Å². The maximum Gasteiger partial charge on any atom is 0.223 e. The molecule has 2 N–H and O–H groups in total. The lowest BCUT2D eigenvalue weighted by molar-refractivity contribution is 0.103. The number of carbonyl (C=O) groups excluding carboxylic acids is 1. The average molecular weight is 311 g/mol. The number of aryl methyl sites for hydroxylation is 1. The molecule has 0 saturated heterocycles. The quantitative estimate of drug-likeness (QED) is 0.727. The predicted octanol–water partition coefficient (Wildman–Crippen LogP) is 3.85. The molecule has 0 bridgehead atoms. The minimum absolute atomic E-state index is 0.142. The van der Waals surface area contributed by atoms with Crippen LogP contribution >= 0.6 is 11.3 Å². The largest absolute Gasteiger partial charge is 0.397 e. The molecule has 0 aliphatic heterocycles. The predicted molar refractivity (Wildman–Crippen MR) is 90.3 cm³/mol. The number of hydrogen-bond donors (Lipinski definition) is 1. The van der Waals surface area contributed by atoms with Crippen molar-refractivity contribution in [1.82, 2.24) is 9.97 Å². The van der Waals surface area contributed by atoms with Crippen molar-refractivity contribution in [2.24, 2.45) is 0 Å². The maximum atomic E-state index is 12.5. The van der Waals surface area contributed by atoms with Gasteiger partial charge in [-0.3, -0.25) is 9.78 Å². The maximum absolute atomic E-state index is 12.5. The zero-order valence-electron chi connectivity index (χ0n) is 12.4. The zero-order valence-corrected chi connectivity index (χ0v) is 13.2. The molecule has 0 aromatic carbocycles. The minimum atomic E-state index is -0.142. The molecule has 3 rings (SSSR count). The summed E-state index contributed by atoms with van der Waals surface area (Å²) in [6, 6.07) is 9.24. The second kappa shape index (κ2) is 6.23. The SMILES string of the molecule is CCCCc1ccc2c(N)c(C(=O)c3ccccn3)sc2n1. The highest BCUT2D eigenvalue weighted by molar-refractivity contribution is 7.21. The molecule has 0 spiro atoms. The van der Waals surface area contributed by atoms with Crippen LogP contribution in [0, 0.1) is 0 Å². The van der Waals surface area contributed by atoms with Crippen LogP contribution in [-0.2, 0) is 6.42 Å². The highest BCUT2D eigenvalue weighted by Crippen LogP contribution is 2.34. The number of nitrogen functional groups attached to an aromatic ring is 1. The summed E-state index contributed by atoms with van der Waals surface area (Å²) >= 11 is 1.35. The molecule has 5 heteroatoms. The summed E-state index contributed by atoms with van der Waals surface area (Å²) in [6.07, 6.45) is 4.81. The fourth-order valence-corrected chi connectivity index (χ4v) is 3.38. The normalized spacial score (nSPS) is 11.0. The Kier molecular flexibility index (Phi) is 4.15. The summed E-state index contributed by atoms with van der Waals surface area (Å²) in [5, 5.41) is 0.851. The molecule has 3 aromatic rings. The molecule has 0 saturated carbocycles. The number of nitrogens with zero attached hydrogens (tertiary/aromatic N) is 2. The van der Waals surface area contributed by atoms with Gasteiger partial charge in [-0.2, -0.15) is 0 Å². The smallest absolute Gasteiger partial charge is 0.223 e. The molecule has 0 aliphatic rings. The Morgan fingerprint density at radius 2 is 2.14 bits per heavy atom. The third kappa shape index (κ3) is 2.72. The van der Waals surface area contributed by atoms with Crippen LogP contribution in [0.2, 0.25) is 0 Å². The lowest BCUT2D eigenvalue weighted by Gasteiger charge is -1.99. The summed E-state index contributed by atoms with van der Waals surface area (Å²) in [7, 11) is 0. The monoisotopic (exact) mass is 311 g/mol. The van der Waals surface area contributed by atoms with Gasteiger partial charge in [0.1, 0.15) is 15.4 Å². The van der Waals surface area contributed by atoms with Crippen molar-refractivity contribution >= 4 is 33.0 Å². The van der Waals surface area contributed by atoms with E-state index in [2.05, 4.69) is 16.9 Å². The van der Waals surface area contributed by atoms with E-state index in [4.69, 9.17) is 5.73 Å². The number of aromatic nitrogens is 2. The number of ketones is 1. The molecule has 112 valence electrons. The number of hydrogen-bond acceptors (Lipinski definition) is 5. The molecule has 0 fully saturated rings. The average Bonchev–Trinajstić information content (AvgIpc) is 2.89. The molecule has 22 heavy (non-hydrogen) atoms. The second-order valence-corrected chi connectivity index (χ2v) is 6.15. The third-order valence-corrected chi connectivity index (χ3v) is 4.66. The van der Waals surface area contributed by atoms with Crippen LogP contribution in [0.3, 0.4) is 0 Å². The van der Waals surface area contributed by atoms with E-state index in [0.717, 1.165) is 35.2 Å². The van der Waals surface area contributed by atoms with Gasteiger partial charge in [-0.25, -0.2) is 4.98 Å². The summed E-state index contributed by atoms with van der Waals surface area (Å²) in [5.74, 6) is -0.142. The fraction of sp³-hybridized carbons (Fsp3) is 0.235. The number of nitrogens with two attached hydrogens (primary N) is 1. The van der Waals surface area contributed by atoms with Crippen LogP contribution in [0.5, 0.6) is 0 Å². The van der Waals surface area contributed by atoms with Crippen molar-refractivity contribution in [3.05, 3.63) is 52.8 Å². The molecule has 0 aliphatic carbocycles. The molecule has 0 amide bonds.